The molecule has 0 fully saturated rings. The maximum atomic E-state index is 13.5. The first-order valence-corrected chi connectivity index (χ1v) is 12.2. The summed E-state index contributed by atoms with van der Waals surface area (Å²) in [5, 5.41) is 7.12. The number of carbonyl (C=O) groups is 1. The van der Waals surface area contributed by atoms with Gasteiger partial charge in [-0.3, -0.25) is 14.2 Å². The highest BCUT2D eigenvalue weighted by molar-refractivity contribution is 7.99. The molecule has 0 unspecified atom stereocenters. The number of rotatable bonds is 5. The zero-order chi connectivity index (χ0) is 23.7. The Labute approximate surface area is 201 Å². The van der Waals surface area contributed by atoms with E-state index in [-0.39, 0.29) is 17.2 Å². The third kappa shape index (κ3) is 4.15. The number of hydrogen-bond donors (Lipinski definition) is 0. The van der Waals surface area contributed by atoms with Gasteiger partial charge in [0.15, 0.2) is 5.16 Å². The van der Waals surface area contributed by atoms with Crippen LogP contribution >= 0.6 is 11.8 Å². The molecule has 0 saturated carbocycles. The lowest BCUT2D eigenvalue weighted by Gasteiger charge is -2.17. The van der Waals surface area contributed by atoms with Crippen LogP contribution in [0.15, 0.2) is 87.8 Å². The second-order valence-electron chi connectivity index (χ2n) is 8.24. The lowest BCUT2D eigenvalue weighted by atomic mass is 10.1. The van der Waals surface area contributed by atoms with Crippen LogP contribution in [0.4, 0.5) is 0 Å². The molecule has 4 aromatic rings. The molecule has 1 aliphatic heterocycles. The van der Waals surface area contributed by atoms with Crippen molar-refractivity contribution in [2.45, 2.75) is 25.4 Å². The van der Waals surface area contributed by atoms with Gasteiger partial charge in [-0.15, -0.1) is 0 Å². The Morgan fingerprint density at radius 3 is 2.56 bits per heavy atom. The summed E-state index contributed by atoms with van der Waals surface area (Å²) in [5.74, 6) is 0.0344. The van der Waals surface area contributed by atoms with Crippen LogP contribution < -0.4 is 5.56 Å². The van der Waals surface area contributed by atoms with Crippen molar-refractivity contribution in [2.75, 3.05) is 12.3 Å². The van der Waals surface area contributed by atoms with Gasteiger partial charge >= 0.3 is 0 Å². The largest absolute Gasteiger partial charge is 0.272 e. The van der Waals surface area contributed by atoms with Gasteiger partial charge in [-0.1, -0.05) is 66.4 Å². The van der Waals surface area contributed by atoms with E-state index in [9.17, 15) is 9.59 Å². The number of aromatic nitrogens is 2. The minimum Gasteiger partial charge on any atom is -0.272 e. The zero-order valence-electron chi connectivity index (χ0n) is 19.1. The minimum absolute atomic E-state index is 0.106. The molecule has 0 radical (unpaired) electrons. The molecular weight excluding hydrogens is 444 g/mol. The number of nitrogens with zero attached hydrogens (tertiary/aromatic N) is 4. The first-order chi connectivity index (χ1) is 16.5. The summed E-state index contributed by atoms with van der Waals surface area (Å²) in [5.41, 5.74) is 5.30. The lowest BCUT2D eigenvalue weighted by Crippen LogP contribution is -2.27. The van der Waals surface area contributed by atoms with Gasteiger partial charge in [0, 0.05) is 6.42 Å². The van der Waals surface area contributed by atoms with E-state index < -0.39 is 0 Å². The van der Waals surface area contributed by atoms with Gasteiger partial charge in [-0.05, 0) is 48.7 Å². The summed E-state index contributed by atoms with van der Waals surface area (Å²) in [7, 11) is 0. The van der Waals surface area contributed by atoms with E-state index in [1.165, 1.54) is 16.8 Å². The van der Waals surface area contributed by atoms with Crippen molar-refractivity contribution in [3.8, 4) is 5.69 Å². The summed E-state index contributed by atoms with van der Waals surface area (Å²) in [4.78, 5) is 31.3. The molecule has 0 saturated heterocycles. The van der Waals surface area contributed by atoms with Gasteiger partial charge in [0.25, 0.3) is 11.5 Å². The topological polar surface area (TPSA) is 67.6 Å². The highest BCUT2D eigenvalue weighted by Gasteiger charge is 2.23. The number of hydrazone groups is 1. The molecule has 170 valence electrons. The van der Waals surface area contributed by atoms with Crippen LogP contribution in [-0.4, -0.2) is 38.5 Å². The van der Waals surface area contributed by atoms with Crippen molar-refractivity contribution < 1.29 is 4.79 Å². The Balaban J connectivity index is 1.47. The molecule has 0 aliphatic carbocycles. The van der Waals surface area contributed by atoms with E-state index >= 15 is 0 Å². The molecule has 1 amide bonds. The average Bonchev–Trinajstić information content (AvgIpc) is 3.36. The zero-order valence-corrected chi connectivity index (χ0v) is 19.9. The van der Waals surface area contributed by atoms with Crippen LogP contribution in [0.1, 0.15) is 23.1 Å². The van der Waals surface area contributed by atoms with Crippen LogP contribution in [0.5, 0.6) is 0 Å². The van der Waals surface area contributed by atoms with Gasteiger partial charge in [0.1, 0.15) is 0 Å². The SMILES string of the molecule is Cc1cccc(-n2c(SCC(=O)N3CCC(c4ccccc4)=N3)nc3ccccc3c2=O)c1C. The number of para-hydroxylation sites is 1. The predicted octanol–water partition coefficient (Wildman–Crippen LogP) is 4.73. The van der Waals surface area contributed by atoms with E-state index in [2.05, 4.69) is 5.10 Å². The molecule has 0 bridgehead atoms. The first kappa shape index (κ1) is 22.1. The third-order valence-corrected chi connectivity index (χ3v) is 7.01. The molecule has 1 aromatic heterocycles. The van der Waals surface area contributed by atoms with Crippen LogP contribution in [0.3, 0.4) is 0 Å². The fourth-order valence-corrected chi connectivity index (χ4v) is 4.95. The van der Waals surface area contributed by atoms with Gasteiger partial charge in [-0.25, -0.2) is 9.99 Å². The Hall–Kier alpha value is -3.71. The normalized spacial score (nSPS) is 13.4. The molecule has 34 heavy (non-hydrogen) atoms. The number of amides is 1. The van der Waals surface area contributed by atoms with Crippen LogP contribution in [0.2, 0.25) is 0 Å². The second-order valence-corrected chi connectivity index (χ2v) is 9.18. The molecule has 5 rings (SSSR count). The molecule has 6 nitrogen and oxygen atoms in total. The number of fused-ring (bicyclic) bond motifs is 1. The molecule has 0 atom stereocenters. The smallest absolute Gasteiger partial charge is 0.266 e. The minimum atomic E-state index is -0.139. The molecule has 2 heterocycles. The first-order valence-electron chi connectivity index (χ1n) is 11.2. The van der Waals surface area contributed by atoms with Crippen LogP contribution in [0.25, 0.3) is 16.6 Å². The maximum absolute atomic E-state index is 13.5. The monoisotopic (exact) mass is 468 g/mol. The fraction of sp³-hybridized carbons (Fsp3) is 0.185. The molecule has 0 spiro atoms. The van der Waals surface area contributed by atoms with E-state index in [1.807, 2.05) is 80.6 Å². The molecule has 0 N–H and O–H groups in total. The van der Waals surface area contributed by atoms with Crippen molar-refractivity contribution in [3.63, 3.8) is 0 Å². The Bertz CT molecular complexity index is 1480. The van der Waals surface area contributed by atoms with Crippen molar-refractivity contribution in [2.24, 2.45) is 5.10 Å². The highest BCUT2D eigenvalue weighted by Crippen LogP contribution is 2.25. The third-order valence-electron chi connectivity index (χ3n) is 6.08. The number of aryl methyl sites for hydroxylation is 1. The molecule has 1 aliphatic rings. The Morgan fingerprint density at radius 1 is 0.971 bits per heavy atom. The summed E-state index contributed by atoms with van der Waals surface area (Å²) in [6.45, 7) is 4.57. The predicted molar refractivity (Wildman–Crippen MR) is 137 cm³/mol. The maximum Gasteiger partial charge on any atom is 0.266 e. The summed E-state index contributed by atoms with van der Waals surface area (Å²) >= 11 is 1.27. The van der Waals surface area contributed by atoms with Crippen LogP contribution in [-0.2, 0) is 4.79 Å². The van der Waals surface area contributed by atoms with Crippen molar-refractivity contribution in [1.29, 1.82) is 0 Å². The molecule has 7 heteroatoms. The summed E-state index contributed by atoms with van der Waals surface area (Å²) in [6.07, 6.45) is 0.724. The van der Waals surface area contributed by atoms with Crippen LogP contribution in [0, 0.1) is 13.8 Å². The Morgan fingerprint density at radius 2 is 1.74 bits per heavy atom. The second kappa shape index (κ2) is 9.27. The molecular formula is C27H24N4O2S. The van der Waals surface area contributed by atoms with Crippen molar-refractivity contribution >= 4 is 34.3 Å². The standard InChI is InChI=1S/C27H24N4O2S/c1-18-9-8-14-24(19(18)2)31-26(33)21-12-6-7-13-23(21)28-27(31)34-17-25(32)30-16-15-22(29-30)20-10-4-3-5-11-20/h3-14H,15-17H2,1-2H3. The summed E-state index contributed by atoms with van der Waals surface area (Å²) < 4.78 is 1.63. The number of hydrogen-bond acceptors (Lipinski definition) is 5. The van der Waals surface area contributed by atoms with Gasteiger partial charge in [-0.2, -0.15) is 5.10 Å². The molecule has 3 aromatic carbocycles. The Kier molecular flexibility index (Phi) is 6.02. The highest BCUT2D eigenvalue weighted by atomic mass is 32.2. The quantitative estimate of drug-likeness (QED) is 0.314. The number of carbonyl (C=O) groups excluding carboxylic acids is 1. The van der Waals surface area contributed by atoms with Crippen molar-refractivity contribution in [3.05, 3.63) is 99.8 Å². The van der Waals surface area contributed by atoms with E-state index in [4.69, 9.17) is 4.98 Å². The van der Waals surface area contributed by atoms with E-state index in [0.29, 0.717) is 22.6 Å². The van der Waals surface area contributed by atoms with E-state index in [0.717, 1.165) is 34.5 Å². The fourth-order valence-electron chi connectivity index (χ4n) is 4.07. The lowest BCUT2D eigenvalue weighted by molar-refractivity contribution is -0.127. The van der Waals surface area contributed by atoms with Gasteiger partial charge in [0.05, 0.1) is 34.6 Å². The van der Waals surface area contributed by atoms with Gasteiger partial charge in [0.2, 0.25) is 0 Å². The van der Waals surface area contributed by atoms with E-state index in [1.54, 1.807) is 10.6 Å². The number of thioether (sulfide) groups is 1. The number of benzene rings is 3. The van der Waals surface area contributed by atoms with Gasteiger partial charge < -0.3 is 0 Å². The average molecular weight is 469 g/mol. The van der Waals surface area contributed by atoms with Crippen molar-refractivity contribution in [1.82, 2.24) is 14.6 Å². The summed E-state index contributed by atoms with van der Waals surface area (Å²) in [6, 6.07) is 23.1.